The average molecular weight is 219 g/mol. The molecular formula is C12H13NO3. The molecule has 1 rings (SSSR count). The van der Waals surface area contributed by atoms with E-state index in [2.05, 4.69) is 5.32 Å². The first-order valence-electron chi connectivity index (χ1n) is 4.89. The van der Waals surface area contributed by atoms with Crippen LogP contribution in [0.3, 0.4) is 0 Å². The van der Waals surface area contributed by atoms with Crippen LogP contribution in [0.4, 0.5) is 0 Å². The van der Waals surface area contributed by atoms with E-state index in [-0.39, 0.29) is 11.6 Å². The van der Waals surface area contributed by atoms with Crippen LogP contribution < -0.4 is 5.32 Å². The molecule has 1 atom stereocenters. The molecule has 1 aromatic rings. The molecule has 1 aromatic carbocycles. The van der Waals surface area contributed by atoms with Crippen molar-refractivity contribution in [2.45, 2.75) is 19.9 Å². The molecule has 84 valence electrons. The van der Waals surface area contributed by atoms with Crippen LogP contribution in [0, 0.1) is 0 Å². The molecule has 0 aliphatic heterocycles. The predicted octanol–water partition coefficient (Wildman–Crippen LogP) is 0.963. The molecule has 0 heterocycles. The minimum atomic E-state index is -1.08. The zero-order chi connectivity index (χ0) is 12.1. The summed E-state index contributed by atoms with van der Waals surface area (Å²) in [5, 5.41) is 2.34. The fourth-order valence-corrected chi connectivity index (χ4v) is 1.32. The summed E-state index contributed by atoms with van der Waals surface area (Å²) in [6, 6.07) is 7.33. The van der Waals surface area contributed by atoms with Crippen molar-refractivity contribution >= 4 is 17.5 Å². The molecule has 1 unspecified atom stereocenters. The molecule has 4 nitrogen and oxygen atoms in total. The second-order valence-electron chi connectivity index (χ2n) is 3.47. The molecule has 16 heavy (non-hydrogen) atoms. The lowest BCUT2D eigenvalue weighted by molar-refractivity contribution is -0.124. The molecule has 0 aromatic heterocycles. The Labute approximate surface area is 93.7 Å². The van der Waals surface area contributed by atoms with E-state index in [1.54, 1.807) is 30.3 Å². The van der Waals surface area contributed by atoms with E-state index in [1.807, 2.05) is 0 Å². The molecule has 0 fully saturated rings. The van der Waals surface area contributed by atoms with Gasteiger partial charge in [-0.05, 0) is 6.92 Å². The van der Waals surface area contributed by atoms with Crippen LogP contribution in [0.1, 0.15) is 24.2 Å². The third-order valence-electron chi connectivity index (χ3n) is 2.07. The number of hydrogen-bond acceptors (Lipinski definition) is 3. The van der Waals surface area contributed by atoms with E-state index in [1.165, 1.54) is 13.8 Å². The second-order valence-corrected chi connectivity index (χ2v) is 3.47. The summed E-state index contributed by atoms with van der Waals surface area (Å²) >= 11 is 0. The second kappa shape index (κ2) is 5.21. The minimum absolute atomic E-state index is 0.371. The number of carbonyl (C=O) groups is 3. The van der Waals surface area contributed by atoms with Crippen molar-refractivity contribution in [1.29, 1.82) is 0 Å². The van der Waals surface area contributed by atoms with Gasteiger partial charge in [-0.15, -0.1) is 0 Å². The largest absolute Gasteiger partial charge is 0.340 e. The van der Waals surface area contributed by atoms with Gasteiger partial charge in [-0.2, -0.15) is 0 Å². The van der Waals surface area contributed by atoms with Crippen molar-refractivity contribution in [1.82, 2.24) is 5.32 Å². The quantitative estimate of drug-likeness (QED) is 0.606. The molecule has 0 spiro atoms. The minimum Gasteiger partial charge on any atom is -0.340 e. The van der Waals surface area contributed by atoms with Gasteiger partial charge in [-0.3, -0.25) is 14.4 Å². The van der Waals surface area contributed by atoms with E-state index < -0.39 is 11.9 Å². The summed E-state index contributed by atoms with van der Waals surface area (Å²) in [6.45, 7) is 2.55. The summed E-state index contributed by atoms with van der Waals surface area (Å²) in [6.07, 6.45) is 0. The maximum absolute atomic E-state index is 11.9. The summed E-state index contributed by atoms with van der Waals surface area (Å²) in [5.74, 6) is -1.16. The summed E-state index contributed by atoms with van der Waals surface area (Å²) in [4.78, 5) is 34.0. The third-order valence-corrected chi connectivity index (χ3v) is 2.07. The SMILES string of the molecule is CC(=O)NC(C(C)=O)C(=O)c1ccccc1. The smallest absolute Gasteiger partial charge is 0.217 e. The van der Waals surface area contributed by atoms with Crippen LogP contribution in [0.2, 0.25) is 0 Å². The van der Waals surface area contributed by atoms with Gasteiger partial charge in [0.15, 0.2) is 17.6 Å². The molecule has 4 heteroatoms. The maximum Gasteiger partial charge on any atom is 0.217 e. The van der Waals surface area contributed by atoms with Gasteiger partial charge in [0.05, 0.1) is 0 Å². The van der Waals surface area contributed by atoms with Crippen molar-refractivity contribution in [3.63, 3.8) is 0 Å². The maximum atomic E-state index is 11.9. The normalized spacial score (nSPS) is 11.6. The zero-order valence-electron chi connectivity index (χ0n) is 9.19. The first-order chi connectivity index (χ1) is 7.52. The fourth-order valence-electron chi connectivity index (χ4n) is 1.32. The van der Waals surface area contributed by atoms with E-state index in [0.717, 1.165) is 0 Å². The lowest BCUT2D eigenvalue weighted by Crippen LogP contribution is -2.44. The van der Waals surface area contributed by atoms with Gasteiger partial charge in [0.2, 0.25) is 5.91 Å². The highest BCUT2D eigenvalue weighted by Gasteiger charge is 2.24. The number of amides is 1. The average Bonchev–Trinajstić information content (AvgIpc) is 2.25. The highest BCUT2D eigenvalue weighted by Crippen LogP contribution is 2.04. The number of Topliss-reactive ketones (excluding diaryl/α,β-unsaturated/α-hetero) is 2. The van der Waals surface area contributed by atoms with Crippen molar-refractivity contribution in [3.05, 3.63) is 35.9 Å². The van der Waals surface area contributed by atoms with Crippen molar-refractivity contribution in [3.8, 4) is 0 Å². The Bertz CT molecular complexity index is 412. The number of nitrogens with one attached hydrogen (secondary N) is 1. The van der Waals surface area contributed by atoms with E-state index >= 15 is 0 Å². The molecule has 0 saturated heterocycles. The third kappa shape index (κ3) is 3.02. The Hall–Kier alpha value is -1.97. The zero-order valence-corrected chi connectivity index (χ0v) is 9.19. The Morgan fingerprint density at radius 1 is 1.06 bits per heavy atom. The number of hydrogen-bond donors (Lipinski definition) is 1. The lowest BCUT2D eigenvalue weighted by atomic mass is 10.0. The fraction of sp³-hybridized carbons (Fsp3) is 0.250. The van der Waals surface area contributed by atoms with Crippen LogP contribution in [-0.4, -0.2) is 23.5 Å². The van der Waals surface area contributed by atoms with Gasteiger partial charge in [-0.1, -0.05) is 30.3 Å². The monoisotopic (exact) mass is 219 g/mol. The topological polar surface area (TPSA) is 63.2 Å². The summed E-state index contributed by atoms with van der Waals surface area (Å²) < 4.78 is 0. The van der Waals surface area contributed by atoms with Crippen LogP contribution in [-0.2, 0) is 9.59 Å². The molecule has 1 amide bonds. The molecule has 0 bridgehead atoms. The van der Waals surface area contributed by atoms with Gasteiger partial charge >= 0.3 is 0 Å². The Morgan fingerprint density at radius 2 is 1.62 bits per heavy atom. The molecule has 0 radical (unpaired) electrons. The first kappa shape index (κ1) is 12.1. The van der Waals surface area contributed by atoms with E-state index in [9.17, 15) is 14.4 Å². The number of rotatable bonds is 4. The van der Waals surface area contributed by atoms with Crippen molar-refractivity contribution < 1.29 is 14.4 Å². The van der Waals surface area contributed by atoms with E-state index in [0.29, 0.717) is 5.56 Å². The molecule has 0 aliphatic rings. The van der Waals surface area contributed by atoms with Crippen LogP contribution in [0.5, 0.6) is 0 Å². The molecule has 1 N–H and O–H groups in total. The van der Waals surface area contributed by atoms with Crippen LogP contribution in [0.25, 0.3) is 0 Å². The summed E-state index contributed by atoms with van der Waals surface area (Å²) in [7, 11) is 0. The predicted molar refractivity (Wildman–Crippen MR) is 59.1 cm³/mol. The highest BCUT2D eigenvalue weighted by molar-refractivity contribution is 6.14. The standard InChI is InChI=1S/C12H13NO3/c1-8(14)11(13-9(2)15)12(16)10-6-4-3-5-7-10/h3-7,11H,1-2H3,(H,13,15). The van der Waals surface area contributed by atoms with Crippen LogP contribution in [0.15, 0.2) is 30.3 Å². The van der Waals surface area contributed by atoms with Crippen molar-refractivity contribution in [2.75, 3.05) is 0 Å². The highest BCUT2D eigenvalue weighted by atomic mass is 16.2. The van der Waals surface area contributed by atoms with Gasteiger partial charge in [-0.25, -0.2) is 0 Å². The molecule has 0 aliphatic carbocycles. The molecule has 0 saturated carbocycles. The van der Waals surface area contributed by atoms with Gasteiger partial charge < -0.3 is 5.32 Å². The Morgan fingerprint density at radius 3 is 2.06 bits per heavy atom. The first-order valence-corrected chi connectivity index (χ1v) is 4.89. The number of carbonyl (C=O) groups excluding carboxylic acids is 3. The van der Waals surface area contributed by atoms with Crippen molar-refractivity contribution in [2.24, 2.45) is 0 Å². The molecular weight excluding hydrogens is 206 g/mol. The Balaban J connectivity index is 2.92. The van der Waals surface area contributed by atoms with Gasteiger partial charge in [0.25, 0.3) is 0 Å². The van der Waals surface area contributed by atoms with Crippen LogP contribution >= 0.6 is 0 Å². The number of benzene rings is 1. The number of ketones is 2. The van der Waals surface area contributed by atoms with E-state index in [4.69, 9.17) is 0 Å². The Kier molecular flexibility index (Phi) is 3.94. The lowest BCUT2D eigenvalue weighted by Gasteiger charge is -2.13. The van der Waals surface area contributed by atoms with Gasteiger partial charge in [0, 0.05) is 12.5 Å². The van der Waals surface area contributed by atoms with Gasteiger partial charge in [0.1, 0.15) is 0 Å². The summed E-state index contributed by atoms with van der Waals surface area (Å²) in [5.41, 5.74) is 0.413.